The lowest BCUT2D eigenvalue weighted by atomic mass is 10.0. The Kier molecular flexibility index (Phi) is 5.64. The van der Waals surface area contributed by atoms with Crippen molar-refractivity contribution in [1.82, 2.24) is 25.4 Å². The molecule has 3 aromatic rings. The number of rotatable bonds is 5. The Morgan fingerprint density at radius 3 is 2.71 bits per heavy atom. The first-order valence-electron chi connectivity index (χ1n) is 8.63. The minimum Gasteiger partial charge on any atom is -0.350 e. The monoisotopic (exact) mass is 445 g/mol. The summed E-state index contributed by atoms with van der Waals surface area (Å²) in [5, 5.41) is 8.56. The Hall–Kier alpha value is -2.94. The van der Waals surface area contributed by atoms with Crippen LogP contribution >= 0.6 is 15.9 Å². The molecule has 146 valence electrons. The van der Waals surface area contributed by atoms with Gasteiger partial charge in [-0.05, 0) is 43.2 Å². The molecule has 3 rings (SSSR count). The van der Waals surface area contributed by atoms with Crippen LogP contribution in [0.25, 0.3) is 11.0 Å². The average Bonchev–Trinajstić information content (AvgIpc) is 2.93. The quantitative estimate of drug-likeness (QED) is 0.554. The van der Waals surface area contributed by atoms with Crippen molar-refractivity contribution in [3.8, 4) is 0 Å². The van der Waals surface area contributed by atoms with Crippen LogP contribution < -0.4 is 16.2 Å². The number of aromatic amines is 1. The van der Waals surface area contributed by atoms with Gasteiger partial charge in [-0.3, -0.25) is 24.2 Å². The Morgan fingerprint density at radius 1 is 1.25 bits per heavy atom. The van der Waals surface area contributed by atoms with E-state index in [0.29, 0.717) is 16.6 Å². The number of fused-ring (bicyclic) bond motifs is 1. The van der Waals surface area contributed by atoms with E-state index in [4.69, 9.17) is 0 Å². The molecule has 28 heavy (non-hydrogen) atoms. The van der Waals surface area contributed by atoms with Crippen LogP contribution in [0.4, 0.5) is 0 Å². The molecule has 0 bridgehead atoms. The SMILES string of the molecule is Cc1nc2c(c(C)c1CNC(=O)CNC(=O)c1cccc(Br)c1)c(=O)[nH]n2C. The number of pyridine rings is 1. The predicted molar refractivity (Wildman–Crippen MR) is 109 cm³/mol. The highest BCUT2D eigenvalue weighted by Gasteiger charge is 2.16. The standard InChI is InChI=1S/C19H20BrN5O3/c1-10-14(11(2)23-17-16(10)19(28)24-25(17)3)8-21-15(26)9-22-18(27)12-5-4-6-13(20)7-12/h4-7H,8-9H2,1-3H3,(H,21,26)(H,22,27)(H,24,28). The number of aromatic nitrogens is 3. The smallest absolute Gasteiger partial charge is 0.273 e. The maximum Gasteiger partial charge on any atom is 0.273 e. The molecule has 9 heteroatoms. The molecule has 0 unspecified atom stereocenters. The van der Waals surface area contributed by atoms with Crippen LogP contribution in [0.5, 0.6) is 0 Å². The van der Waals surface area contributed by atoms with E-state index in [1.165, 1.54) is 0 Å². The number of nitrogens with one attached hydrogen (secondary N) is 3. The van der Waals surface area contributed by atoms with E-state index in [0.717, 1.165) is 21.3 Å². The second kappa shape index (κ2) is 7.97. The molecule has 0 spiro atoms. The van der Waals surface area contributed by atoms with Crippen molar-refractivity contribution in [2.24, 2.45) is 7.05 Å². The minimum atomic E-state index is -0.331. The van der Waals surface area contributed by atoms with Crippen molar-refractivity contribution in [2.75, 3.05) is 6.54 Å². The summed E-state index contributed by atoms with van der Waals surface area (Å²) >= 11 is 3.31. The van der Waals surface area contributed by atoms with Crippen molar-refractivity contribution < 1.29 is 9.59 Å². The maximum absolute atomic E-state index is 12.1. The number of aryl methyl sites for hydroxylation is 3. The predicted octanol–water partition coefficient (Wildman–Crippen LogP) is 1.69. The molecular weight excluding hydrogens is 426 g/mol. The number of carbonyl (C=O) groups excluding carboxylic acids is 2. The highest BCUT2D eigenvalue weighted by molar-refractivity contribution is 9.10. The van der Waals surface area contributed by atoms with Gasteiger partial charge in [0.05, 0.1) is 11.9 Å². The third-order valence-corrected chi connectivity index (χ3v) is 5.03. The molecule has 3 N–H and O–H groups in total. The van der Waals surface area contributed by atoms with Gasteiger partial charge in [0.15, 0.2) is 5.65 Å². The molecule has 0 aliphatic carbocycles. The number of nitrogens with zero attached hydrogens (tertiary/aromatic N) is 2. The number of benzene rings is 1. The third-order valence-electron chi connectivity index (χ3n) is 4.53. The summed E-state index contributed by atoms with van der Waals surface area (Å²) in [6.07, 6.45) is 0. The summed E-state index contributed by atoms with van der Waals surface area (Å²) in [5.41, 5.74) is 3.14. The Bertz CT molecular complexity index is 1130. The first-order chi connectivity index (χ1) is 13.3. The largest absolute Gasteiger partial charge is 0.350 e. The van der Waals surface area contributed by atoms with Crippen molar-refractivity contribution in [1.29, 1.82) is 0 Å². The van der Waals surface area contributed by atoms with Crippen LogP contribution in [0, 0.1) is 13.8 Å². The van der Waals surface area contributed by atoms with E-state index in [1.54, 1.807) is 29.9 Å². The Morgan fingerprint density at radius 2 is 2.00 bits per heavy atom. The van der Waals surface area contributed by atoms with Crippen LogP contribution in [0.15, 0.2) is 33.5 Å². The fraction of sp³-hybridized carbons (Fsp3) is 0.263. The first kappa shape index (κ1) is 19.8. The molecule has 2 heterocycles. The van der Waals surface area contributed by atoms with Crippen molar-refractivity contribution in [2.45, 2.75) is 20.4 Å². The molecule has 0 aliphatic rings. The van der Waals surface area contributed by atoms with Crippen molar-refractivity contribution >= 4 is 38.8 Å². The summed E-state index contributed by atoms with van der Waals surface area (Å²) in [6.45, 7) is 3.74. The molecule has 0 saturated carbocycles. The van der Waals surface area contributed by atoms with Crippen molar-refractivity contribution in [3.05, 3.63) is 61.5 Å². The molecule has 0 aliphatic heterocycles. The van der Waals surface area contributed by atoms with E-state index in [-0.39, 0.29) is 30.5 Å². The van der Waals surface area contributed by atoms with E-state index < -0.39 is 0 Å². The van der Waals surface area contributed by atoms with Crippen molar-refractivity contribution in [3.63, 3.8) is 0 Å². The van der Waals surface area contributed by atoms with Crippen LogP contribution in [0.1, 0.15) is 27.2 Å². The summed E-state index contributed by atoms with van der Waals surface area (Å²) in [5.74, 6) is -0.660. The van der Waals surface area contributed by atoms with Crippen LogP contribution in [-0.4, -0.2) is 33.1 Å². The number of H-pyrrole nitrogens is 1. The van der Waals surface area contributed by atoms with Crippen LogP contribution in [0.3, 0.4) is 0 Å². The van der Waals surface area contributed by atoms with Gasteiger partial charge < -0.3 is 10.6 Å². The Balaban J connectivity index is 1.65. The van der Waals surface area contributed by atoms with Gasteiger partial charge in [0, 0.05) is 29.3 Å². The lowest BCUT2D eigenvalue weighted by Gasteiger charge is -2.12. The van der Waals surface area contributed by atoms with Gasteiger partial charge in [0.1, 0.15) is 0 Å². The third kappa shape index (κ3) is 3.99. The molecule has 0 fully saturated rings. The van der Waals surface area contributed by atoms with Gasteiger partial charge in [-0.1, -0.05) is 22.0 Å². The maximum atomic E-state index is 12.1. The Labute approximate surface area is 169 Å². The number of halogens is 1. The summed E-state index contributed by atoms with van der Waals surface area (Å²) in [6, 6.07) is 6.91. The van der Waals surface area contributed by atoms with E-state index in [2.05, 4.69) is 36.6 Å². The zero-order chi connectivity index (χ0) is 20.4. The normalized spacial score (nSPS) is 10.9. The van der Waals surface area contributed by atoms with Crippen LogP contribution in [-0.2, 0) is 18.4 Å². The molecule has 0 atom stereocenters. The topological polar surface area (TPSA) is 109 Å². The summed E-state index contributed by atoms with van der Waals surface area (Å²) in [4.78, 5) is 40.8. The van der Waals surface area contributed by atoms with Gasteiger partial charge in [0.25, 0.3) is 11.5 Å². The van der Waals surface area contributed by atoms with E-state index >= 15 is 0 Å². The highest BCUT2D eigenvalue weighted by atomic mass is 79.9. The molecule has 2 amide bonds. The zero-order valence-electron chi connectivity index (χ0n) is 15.7. The lowest BCUT2D eigenvalue weighted by Crippen LogP contribution is -2.36. The number of hydrogen-bond acceptors (Lipinski definition) is 4. The van der Waals surface area contributed by atoms with Gasteiger partial charge >= 0.3 is 0 Å². The second-order valence-corrected chi connectivity index (χ2v) is 7.38. The van der Waals surface area contributed by atoms with Gasteiger partial charge in [-0.2, -0.15) is 0 Å². The molecule has 0 radical (unpaired) electrons. The molecule has 0 saturated heterocycles. The molecule has 2 aromatic heterocycles. The van der Waals surface area contributed by atoms with Gasteiger partial charge in [0.2, 0.25) is 5.91 Å². The summed E-state index contributed by atoms with van der Waals surface area (Å²) < 4.78 is 2.37. The zero-order valence-corrected chi connectivity index (χ0v) is 17.3. The fourth-order valence-electron chi connectivity index (χ4n) is 3.05. The van der Waals surface area contributed by atoms with Crippen LogP contribution in [0.2, 0.25) is 0 Å². The lowest BCUT2D eigenvalue weighted by molar-refractivity contribution is -0.120. The first-order valence-corrected chi connectivity index (χ1v) is 9.42. The molecule has 1 aromatic carbocycles. The fourth-order valence-corrected chi connectivity index (χ4v) is 3.45. The average molecular weight is 446 g/mol. The van der Waals surface area contributed by atoms with Gasteiger partial charge in [-0.25, -0.2) is 4.98 Å². The minimum absolute atomic E-state index is 0.148. The summed E-state index contributed by atoms with van der Waals surface area (Å²) in [7, 11) is 1.73. The number of hydrogen-bond donors (Lipinski definition) is 3. The highest BCUT2D eigenvalue weighted by Crippen LogP contribution is 2.19. The number of carbonyl (C=O) groups is 2. The molecule has 8 nitrogen and oxygen atoms in total. The second-order valence-electron chi connectivity index (χ2n) is 6.47. The van der Waals surface area contributed by atoms with Gasteiger partial charge in [-0.15, -0.1) is 0 Å². The molecular formula is C19H20BrN5O3. The van der Waals surface area contributed by atoms with E-state index in [9.17, 15) is 14.4 Å². The van der Waals surface area contributed by atoms with E-state index in [1.807, 2.05) is 19.9 Å². The number of amides is 2.